The Morgan fingerprint density at radius 3 is 2.25 bits per heavy atom. The van der Waals surface area contributed by atoms with E-state index in [1.54, 1.807) is 6.92 Å². The predicted molar refractivity (Wildman–Crippen MR) is 44.2 cm³/mol. The molecule has 0 radical (unpaired) electrons. The second kappa shape index (κ2) is 5.52. The second-order valence-corrected chi connectivity index (χ2v) is 1.99. The van der Waals surface area contributed by atoms with E-state index in [0.717, 1.165) is 6.07 Å². The van der Waals surface area contributed by atoms with Crippen molar-refractivity contribution in [1.29, 1.82) is 0 Å². The molecule has 0 fully saturated rings. The van der Waals surface area contributed by atoms with Gasteiger partial charge in [-0.15, -0.1) is 0 Å². The lowest BCUT2D eigenvalue weighted by atomic mass is 10.2. The molecule has 3 heteroatoms. The SMILES string of the molecule is CC.Cc1cc(F)ccc1OF. The molecule has 0 aromatic heterocycles. The molecule has 0 amide bonds. The first-order valence-electron chi connectivity index (χ1n) is 3.79. The van der Waals surface area contributed by atoms with Crippen molar-refractivity contribution in [3.63, 3.8) is 0 Å². The van der Waals surface area contributed by atoms with Crippen LogP contribution in [-0.2, 0) is 0 Å². The summed E-state index contributed by atoms with van der Waals surface area (Å²) >= 11 is 0. The van der Waals surface area contributed by atoms with Crippen LogP contribution in [0.2, 0.25) is 0 Å². The molecule has 1 aromatic rings. The highest BCUT2D eigenvalue weighted by atomic mass is 19.3. The fraction of sp³-hybridized carbons (Fsp3) is 0.333. The Balaban J connectivity index is 0.000000561. The maximum Gasteiger partial charge on any atom is 0.174 e. The van der Waals surface area contributed by atoms with Crippen LogP contribution in [0.5, 0.6) is 5.75 Å². The van der Waals surface area contributed by atoms with Crippen LogP contribution in [0.4, 0.5) is 8.92 Å². The third-order valence-corrected chi connectivity index (χ3v) is 1.22. The lowest BCUT2D eigenvalue weighted by Crippen LogP contribution is -1.82. The Morgan fingerprint density at radius 1 is 1.25 bits per heavy atom. The summed E-state index contributed by atoms with van der Waals surface area (Å²) in [6, 6.07) is 3.58. The normalized spacial score (nSPS) is 8.42. The van der Waals surface area contributed by atoms with Gasteiger partial charge in [-0.05, 0) is 30.7 Å². The molecule has 1 aromatic carbocycles. The van der Waals surface area contributed by atoms with Crippen molar-refractivity contribution < 1.29 is 13.9 Å². The average Bonchev–Trinajstić information content (AvgIpc) is 2.08. The van der Waals surface area contributed by atoms with Crippen LogP contribution >= 0.6 is 0 Å². The van der Waals surface area contributed by atoms with Crippen molar-refractivity contribution in [3.8, 4) is 5.75 Å². The van der Waals surface area contributed by atoms with Gasteiger partial charge in [-0.2, -0.15) is 0 Å². The lowest BCUT2D eigenvalue weighted by molar-refractivity contribution is -0.00709. The van der Waals surface area contributed by atoms with Gasteiger partial charge in [-0.25, -0.2) is 4.39 Å². The maximum atomic E-state index is 12.3. The summed E-state index contributed by atoms with van der Waals surface area (Å²) in [7, 11) is 0. The van der Waals surface area contributed by atoms with Crippen LogP contribution in [-0.4, -0.2) is 0 Å². The number of hydrogen-bond donors (Lipinski definition) is 0. The van der Waals surface area contributed by atoms with Crippen LogP contribution < -0.4 is 4.94 Å². The minimum Gasteiger partial charge on any atom is -0.294 e. The largest absolute Gasteiger partial charge is 0.294 e. The fourth-order valence-electron chi connectivity index (χ4n) is 0.699. The molecule has 0 spiro atoms. The molecule has 0 heterocycles. The zero-order chi connectivity index (χ0) is 9.56. The van der Waals surface area contributed by atoms with E-state index >= 15 is 0 Å². The highest BCUT2D eigenvalue weighted by Crippen LogP contribution is 2.17. The van der Waals surface area contributed by atoms with Crippen LogP contribution in [0.15, 0.2) is 18.2 Å². The first-order chi connectivity index (χ1) is 5.74. The monoisotopic (exact) mass is 174 g/mol. The molecule has 0 atom stereocenters. The Hall–Kier alpha value is -1.12. The molecular formula is C9H12F2O. The molecule has 0 unspecified atom stereocenters. The second-order valence-electron chi connectivity index (χ2n) is 1.99. The Bertz CT molecular complexity index is 236. The van der Waals surface area contributed by atoms with Crippen molar-refractivity contribution in [3.05, 3.63) is 29.6 Å². The van der Waals surface area contributed by atoms with Crippen molar-refractivity contribution in [2.45, 2.75) is 20.8 Å². The fourth-order valence-corrected chi connectivity index (χ4v) is 0.699. The van der Waals surface area contributed by atoms with Crippen molar-refractivity contribution in [2.75, 3.05) is 0 Å². The van der Waals surface area contributed by atoms with E-state index in [0.29, 0.717) is 5.56 Å². The number of rotatable bonds is 1. The van der Waals surface area contributed by atoms with Crippen LogP contribution in [0, 0.1) is 12.7 Å². The van der Waals surface area contributed by atoms with Gasteiger partial charge in [0.05, 0.1) is 0 Å². The van der Waals surface area contributed by atoms with E-state index in [2.05, 4.69) is 4.94 Å². The van der Waals surface area contributed by atoms with Gasteiger partial charge < -0.3 is 0 Å². The maximum absolute atomic E-state index is 12.3. The third-order valence-electron chi connectivity index (χ3n) is 1.22. The summed E-state index contributed by atoms with van der Waals surface area (Å²) in [6.45, 7) is 5.57. The summed E-state index contributed by atoms with van der Waals surface area (Å²) in [5, 5.41) is 0. The van der Waals surface area contributed by atoms with Gasteiger partial charge in [0, 0.05) is 4.53 Å². The lowest BCUT2D eigenvalue weighted by Gasteiger charge is -1.97. The van der Waals surface area contributed by atoms with Gasteiger partial charge in [0.15, 0.2) is 5.75 Å². The van der Waals surface area contributed by atoms with Crippen LogP contribution in [0.3, 0.4) is 0 Å². The number of benzene rings is 1. The molecule has 1 nitrogen and oxygen atoms in total. The summed E-state index contributed by atoms with van der Waals surface area (Å²) in [5.74, 6) is -0.334. The molecular weight excluding hydrogens is 162 g/mol. The molecule has 0 saturated carbocycles. The molecule has 0 N–H and O–H groups in total. The summed E-state index contributed by atoms with van der Waals surface area (Å²) in [5.41, 5.74) is 0.447. The minimum atomic E-state index is -0.390. The Kier molecular flexibility index (Phi) is 5.00. The van der Waals surface area contributed by atoms with E-state index in [4.69, 9.17) is 0 Å². The van der Waals surface area contributed by atoms with Crippen LogP contribution in [0.1, 0.15) is 19.4 Å². The highest BCUT2D eigenvalue weighted by molar-refractivity contribution is 5.31. The molecule has 0 saturated heterocycles. The molecule has 0 aliphatic heterocycles. The molecule has 1 rings (SSSR count). The molecule has 68 valence electrons. The topological polar surface area (TPSA) is 9.23 Å². The smallest absolute Gasteiger partial charge is 0.174 e. The zero-order valence-corrected chi connectivity index (χ0v) is 7.40. The molecule has 0 aliphatic rings. The van der Waals surface area contributed by atoms with Gasteiger partial charge in [0.2, 0.25) is 0 Å². The standard InChI is InChI=1S/C7H6F2O.C2H6/c1-5-4-6(8)2-3-7(5)10-9;1-2/h2-4H,1H3;1-2H3. The Morgan fingerprint density at radius 2 is 1.83 bits per heavy atom. The van der Waals surface area contributed by atoms with Crippen molar-refractivity contribution in [1.82, 2.24) is 0 Å². The quantitative estimate of drug-likeness (QED) is 0.633. The summed E-state index contributed by atoms with van der Waals surface area (Å²) < 4.78 is 23.8. The third kappa shape index (κ3) is 2.86. The van der Waals surface area contributed by atoms with Crippen molar-refractivity contribution in [2.24, 2.45) is 0 Å². The molecule has 12 heavy (non-hydrogen) atoms. The van der Waals surface area contributed by atoms with E-state index in [1.807, 2.05) is 13.8 Å². The Labute approximate surface area is 70.9 Å². The van der Waals surface area contributed by atoms with Gasteiger partial charge in [-0.1, -0.05) is 13.8 Å². The highest BCUT2D eigenvalue weighted by Gasteiger charge is 1.99. The van der Waals surface area contributed by atoms with E-state index in [1.165, 1.54) is 12.1 Å². The summed E-state index contributed by atoms with van der Waals surface area (Å²) in [6.07, 6.45) is 0. The number of halogens is 2. The van der Waals surface area contributed by atoms with Crippen molar-refractivity contribution >= 4 is 0 Å². The van der Waals surface area contributed by atoms with E-state index < -0.39 is 5.82 Å². The van der Waals surface area contributed by atoms with Crippen LogP contribution in [0.25, 0.3) is 0 Å². The molecule has 0 bridgehead atoms. The number of hydrogen-bond acceptors (Lipinski definition) is 1. The minimum absolute atomic E-state index is 0.0569. The first-order valence-corrected chi connectivity index (χ1v) is 3.79. The first kappa shape index (κ1) is 10.9. The van der Waals surface area contributed by atoms with Gasteiger partial charge in [0.25, 0.3) is 0 Å². The van der Waals surface area contributed by atoms with E-state index in [9.17, 15) is 8.92 Å². The average molecular weight is 174 g/mol. The van der Waals surface area contributed by atoms with Gasteiger partial charge in [0.1, 0.15) is 5.82 Å². The van der Waals surface area contributed by atoms with Gasteiger partial charge in [-0.3, -0.25) is 4.94 Å². The van der Waals surface area contributed by atoms with E-state index in [-0.39, 0.29) is 5.75 Å². The number of aryl methyl sites for hydroxylation is 1. The predicted octanol–water partition coefficient (Wildman–Crippen LogP) is 3.42. The van der Waals surface area contributed by atoms with Gasteiger partial charge >= 0.3 is 0 Å². The summed E-state index contributed by atoms with van der Waals surface area (Å²) in [4.78, 5) is 3.43. The molecule has 0 aliphatic carbocycles. The zero-order valence-electron chi connectivity index (χ0n) is 7.40.